The van der Waals surface area contributed by atoms with Crippen LogP contribution in [0.5, 0.6) is 5.75 Å². The molecule has 0 aliphatic carbocycles. The summed E-state index contributed by atoms with van der Waals surface area (Å²) in [4.78, 5) is 40.4. The Kier molecular flexibility index (Phi) is 6.86. The summed E-state index contributed by atoms with van der Waals surface area (Å²) < 4.78 is 16.1. The Morgan fingerprint density at radius 1 is 1.10 bits per heavy atom. The second-order valence-corrected chi connectivity index (χ2v) is 7.17. The average molecular weight is 425 g/mol. The number of aromatic nitrogens is 1. The van der Waals surface area contributed by atoms with Crippen molar-refractivity contribution >= 4 is 28.9 Å². The summed E-state index contributed by atoms with van der Waals surface area (Å²) in [5, 5.41) is 2.58. The predicted molar refractivity (Wildman–Crippen MR) is 111 cm³/mol. The lowest BCUT2D eigenvalue weighted by Crippen LogP contribution is -2.44. The van der Waals surface area contributed by atoms with E-state index in [-0.39, 0.29) is 36.3 Å². The molecule has 0 saturated heterocycles. The summed E-state index contributed by atoms with van der Waals surface area (Å²) in [6, 6.07) is 13.1. The maximum Gasteiger partial charge on any atom is 0.408 e. The number of nitrogens with two attached hydrogens (primary N) is 1. The van der Waals surface area contributed by atoms with E-state index in [2.05, 4.69) is 10.3 Å². The highest BCUT2D eigenvalue weighted by molar-refractivity contribution is 6.00. The third-order valence-electron chi connectivity index (χ3n) is 4.40. The molecule has 31 heavy (non-hydrogen) atoms. The van der Waals surface area contributed by atoms with E-state index in [1.165, 1.54) is 0 Å². The normalized spacial score (nSPS) is 11.8. The van der Waals surface area contributed by atoms with Crippen LogP contribution in [0.15, 0.2) is 52.9 Å². The zero-order valence-corrected chi connectivity index (χ0v) is 17.2. The van der Waals surface area contributed by atoms with Crippen molar-refractivity contribution in [2.75, 3.05) is 6.61 Å². The van der Waals surface area contributed by atoms with Gasteiger partial charge >= 0.3 is 6.09 Å². The lowest BCUT2D eigenvalue weighted by atomic mass is 10.00. The molecule has 0 fully saturated rings. The molecule has 162 valence electrons. The molecular formula is C22H23N3O6. The fourth-order valence-corrected chi connectivity index (χ4v) is 2.85. The van der Waals surface area contributed by atoms with E-state index < -0.39 is 23.8 Å². The lowest BCUT2D eigenvalue weighted by Gasteiger charge is -2.19. The van der Waals surface area contributed by atoms with Crippen molar-refractivity contribution in [1.82, 2.24) is 10.3 Å². The highest BCUT2D eigenvalue weighted by Crippen LogP contribution is 2.26. The van der Waals surface area contributed by atoms with Crippen LogP contribution in [0.1, 0.15) is 30.1 Å². The van der Waals surface area contributed by atoms with Gasteiger partial charge in [0.15, 0.2) is 17.7 Å². The van der Waals surface area contributed by atoms with E-state index in [1.807, 2.05) is 30.3 Å². The molecule has 3 rings (SSSR count). The quantitative estimate of drug-likeness (QED) is 0.504. The molecule has 3 aromatic rings. The first-order chi connectivity index (χ1) is 14.8. The van der Waals surface area contributed by atoms with Gasteiger partial charge in [0, 0.05) is 0 Å². The van der Waals surface area contributed by atoms with Crippen LogP contribution in [0.3, 0.4) is 0 Å². The maximum absolute atomic E-state index is 13.0. The van der Waals surface area contributed by atoms with E-state index in [0.717, 1.165) is 5.56 Å². The third-order valence-corrected chi connectivity index (χ3v) is 4.40. The SMILES string of the molecule is CC(C)[C@H](NC(=O)OCc1ccccc1)C(=O)c1nc2c(OCC(N)=O)cccc2o1. The Labute approximate surface area is 178 Å². The molecule has 0 aliphatic heterocycles. The minimum Gasteiger partial charge on any atom is -0.481 e. The second kappa shape index (κ2) is 9.75. The van der Waals surface area contributed by atoms with Gasteiger partial charge in [-0.1, -0.05) is 50.2 Å². The van der Waals surface area contributed by atoms with Gasteiger partial charge in [-0.25, -0.2) is 9.78 Å². The Hall–Kier alpha value is -3.88. The summed E-state index contributed by atoms with van der Waals surface area (Å²) in [6.07, 6.45) is -0.725. The Morgan fingerprint density at radius 2 is 1.84 bits per heavy atom. The molecule has 0 spiro atoms. The zero-order chi connectivity index (χ0) is 22.4. The summed E-state index contributed by atoms with van der Waals surface area (Å²) in [5.74, 6) is -1.33. The Balaban J connectivity index is 1.73. The molecule has 9 heteroatoms. The molecule has 0 radical (unpaired) electrons. The number of ether oxygens (including phenoxy) is 2. The number of ketones is 1. The van der Waals surface area contributed by atoms with Gasteiger partial charge in [0.1, 0.15) is 18.4 Å². The molecule has 0 saturated carbocycles. The average Bonchev–Trinajstić information content (AvgIpc) is 3.19. The van der Waals surface area contributed by atoms with Crippen molar-refractivity contribution in [3.8, 4) is 5.75 Å². The number of alkyl carbamates (subject to hydrolysis) is 1. The van der Waals surface area contributed by atoms with Crippen molar-refractivity contribution < 1.29 is 28.3 Å². The smallest absolute Gasteiger partial charge is 0.408 e. The molecular weight excluding hydrogens is 402 g/mol. The van der Waals surface area contributed by atoms with Crippen LogP contribution < -0.4 is 15.8 Å². The van der Waals surface area contributed by atoms with Gasteiger partial charge in [-0.2, -0.15) is 0 Å². The molecule has 0 aliphatic rings. The fraction of sp³-hybridized carbons (Fsp3) is 0.273. The van der Waals surface area contributed by atoms with E-state index in [0.29, 0.717) is 5.58 Å². The van der Waals surface area contributed by atoms with Crippen molar-refractivity contribution in [3.05, 3.63) is 60.0 Å². The van der Waals surface area contributed by atoms with E-state index in [9.17, 15) is 14.4 Å². The van der Waals surface area contributed by atoms with Gasteiger partial charge < -0.3 is 24.9 Å². The number of nitrogens with zero attached hydrogens (tertiary/aromatic N) is 1. The van der Waals surface area contributed by atoms with Gasteiger partial charge in [-0.15, -0.1) is 0 Å². The largest absolute Gasteiger partial charge is 0.481 e. The molecule has 1 heterocycles. The number of para-hydroxylation sites is 1. The number of fused-ring (bicyclic) bond motifs is 1. The zero-order valence-electron chi connectivity index (χ0n) is 17.2. The highest BCUT2D eigenvalue weighted by Gasteiger charge is 2.30. The monoisotopic (exact) mass is 425 g/mol. The van der Waals surface area contributed by atoms with E-state index >= 15 is 0 Å². The van der Waals surface area contributed by atoms with Crippen LogP contribution in [-0.4, -0.2) is 35.4 Å². The van der Waals surface area contributed by atoms with Crippen LogP contribution >= 0.6 is 0 Å². The van der Waals surface area contributed by atoms with Gasteiger partial charge in [0.2, 0.25) is 5.78 Å². The number of amides is 2. The van der Waals surface area contributed by atoms with Crippen LogP contribution in [0.2, 0.25) is 0 Å². The summed E-state index contributed by atoms with van der Waals surface area (Å²) in [7, 11) is 0. The third kappa shape index (κ3) is 5.59. The minimum atomic E-state index is -0.911. The molecule has 2 aromatic carbocycles. The number of hydrogen-bond acceptors (Lipinski definition) is 7. The Bertz CT molecular complexity index is 1080. The summed E-state index contributed by atoms with van der Waals surface area (Å²) in [6.45, 7) is 3.31. The highest BCUT2D eigenvalue weighted by atomic mass is 16.5. The fourth-order valence-electron chi connectivity index (χ4n) is 2.85. The number of rotatable bonds is 9. The van der Waals surface area contributed by atoms with Crippen molar-refractivity contribution in [2.24, 2.45) is 11.7 Å². The van der Waals surface area contributed by atoms with Crippen molar-refractivity contribution in [1.29, 1.82) is 0 Å². The topological polar surface area (TPSA) is 134 Å². The molecule has 0 bridgehead atoms. The maximum atomic E-state index is 13.0. The van der Waals surface area contributed by atoms with E-state index in [1.54, 1.807) is 32.0 Å². The first kappa shape index (κ1) is 21.8. The lowest BCUT2D eigenvalue weighted by molar-refractivity contribution is -0.119. The number of oxazole rings is 1. The number of carbonyl (C=O) groups excluding carboxylic acids is 3. The van der Waals surface area contributed by atoms with Crippen LogP contribution in [0.25, 0.3) is 11.1 Å². The van der Waals surface area contributed by atoms with Crippen molar-refractivity contribution in [2.45, 2.75) is 26.5 Å². The van der Waals surface area contributed by atoms with Crippen LogP contribution in [-0.2, 0) is 16.1 Å². The molecule has 1 atom stereocenters. The molecule has 1 aromatic heterocycles. The van der Waals surface area contributed by atoms with Crippen molar-refractivity contribution in [3.63, 3.8) is 0 Å². The molecule has 0 unspecified atom stereocenters. The summed E-state index contributed by atoms with van der Waals surface area (Å²) in [5.41, 5.74) is 6.52. The van der Waals surface area contributed by atoms with Gasteiger partial charge in [0.25, 0.3) is 11.8 Å². The second-order valence-electron chi connectivity index (χ2n) is 7.17. The molecule has 9 nitrogen and oxygen atoms in total. The number of carbonyl (C=O) groups is 3. The van der Waals surface area contributed by atoms with Gasteiger partial charge in [-0.05, 0) is 23.6 Å². The number of Topliss-reactive ketones (excluding diaryl/α,β-unsaturated/α-hetero) is 1. The molecule has 2 amide bonds. The standard InChI is InChI=1S/C22H23N3O6/c1-13(2)18(25-22(28)30-11-14-7-4-3-5-8-14)20(27)21-24-19-15(29-12-17(23)26)9-6-10-16(19)31-21/h3-10,13,18H,11-12H2,1-2H3,(H2,23,26)(H,25,28)/t18-/m0/s1. The first-order valence-electron chi connectivity index (χ1n) is 9.67. The van der Waals surface area contributed by atoms with Crippen LogP contribution in [0, 0.1) is 5.92 Å². The number of primary amides is 1. The van der Waals surface area contributed by atoms with Gasteiger partial charge in [-0.3, -0.25) is 9.59 Å². The van der Waals surface area contributed by atoms with Crippen LogP contribution in [0.4, 0.5) is 4.79 Å². The number of nitrogens with one attached hydrogen (secondary N) is 1. The first-order valence-corrected chi connectivity index (χ1v) is 9.67. The Morgan fingerprint density at radius 3 is 2.52 bits per heavy atom. The van der Waals surface area contributed by atoms with Gasteiger partial charge in [0.05, 0.1) is 0 Å². The minimum absolute atomic E-state index is 0.0785. The predicted octanol–water partition coefficient (Wildman–Crippen LogP) is 2.83. The number of benzene rings is 2. The molecule has 3 N–H and O–H groups in total. The van der Waals surface area contributed by atoms with E-state index in [4.69, 9.17) is 19.6 Å². The number of hydrogen-bond donors (Lipinski definition) is 2. The summed E-state index contributed by atoms with van der Waals surface area (Å²) >= 11 is 0.